The van der Waals surface area contributed by atoms with Gasteiger partial charge in [0.25, 0.3) is 0 Å². The van der Waals surface area contributed by atoms with Crippen molar-refractivity contribution in [1.82, 2.24) is 0 Å². The molecule has 1 spiro atoms. The van der Waals surface area contributed by atoms with Gasteiger partial charge in [0.15, 0.2) is 12.6 Å². The van der Waals surface area contributed by atoms with E-state index >= 15 is 0 Å². The first-order valence-corrected chi connectivity index (χ1v) is 3.81. The number of ether oxygens (including phenoxy) is 3. The molecule has 2 saturated heterocycles. The first-order chi connectivity index (χ1) is 4.88. The van der Waals surface area contributed by atoms with Crippen LogP contribution in [0.5, 0.6) is 0 Å². The Kier molecular flexibility index (Phi) is 0.854. The third-order valence-corrected chi connectivity index (χ3v) is 2.65. The van der Waals surface area contributed by atoms with Gasteiger partial charge in [-0.1, -0.05) is 0 Å². The minimum absolute atomic E-state index is 0.211. The molecule has 0 bridgehead atoms. The van der Waals surface area contributed by atoms with E-state index in [9.17, 15) is 0 Å². The van der Waals surface area contributed by atoms with Gasteiger partial charge < -0.3 is 14.2 Å². The van der Waals surface area contributed by atoms with Crippen molar-refractivity contribution in [1.29, 1.82) is 0 Å². The molecule has 2 aliphatic heterocycles. The average Bonchev–Trinajstić information content (AvgIpc) is 2.60. The van der Waals surface area contributed by atoms with Gasteiger partial charge >= 0.3 is 0 Å². The van der Waals surface area contributed by atoms with Gasteiger partial charge in [0.1, 0.15) is 0 Å². The summed E-state index contributed by atoms with van der Waals surface area (Å²) in [5.41, 5.74) is 0. The van der Waals surface area contributed by atoms with E-state index < -0.39 is 0 Å². The quantitative estimate of drug-likeness (QED) is 0.465. The maximum atomic E-state index is 5.35. The van der Waals surface area contributed by atoms with Crippen molar-refractivity contribution in [2.45, 2.75) is 37.3 Å². The van der Waals surface area contributed by atoms with Crippen molar-refractivity contribution in [3.63, 3.8) is 0 Å². The summed E-state index contributed by atoms with van der Waals surface area (Å²) in [5.74, 6) is -0.211. The maximum absolute atomic E-state index is 5.35. The van der Waals surface area contributed by atoms with Crippen LogP contribution in [-0.4, -0.2) is 24.8 Å². The molecule has 1 saturated carbocycles. The predicted octanol–water partition coefficient (Wildman–Crippen LogP) is 0.638. The van der Waals surface area contributed by atoms with Gasteiger partial charge in [-0.15, -0.1) is 0 Å². The van der Waals surface area contributed by atoms with E-state index in [1.165, 1.54) is 0 Å². The van der Waals surface area contributed by atoms with Gasteiger partial charge in [-0.25, -0.2) is 0 Å². The fourth-order valence-corrected chi connectivity index (χ4v) is 1.87. The van der Waals surface area contributed by atoms with E-state index in [2.05, 4.69) is 0 Å². The van der Waals surface area contributed by atoms with Crippen molar-refractivity contribution >= 4 is 0 Å². The molecule has 2 atom stereocenters. The molecule has 0 aromatic rings. The molecule has 3 heteroatoms. The Morgan fingerprint density at radius 2 is 2.10 bits per heavy atom. The van der Waals surface area contributed by atoms with Crippen molar-refractivity contribution in [2.24, 2.45) is 0 Å². The highest BCUT2D eigenvalue weighted by molar-refractivity contribution is 4.97. The average molecular weight is 142 g/mol. The molecule has 0 aromatic heterocycles. The molecule has 0 radical (unpaired) electrons. The van der Waals surface area contributed by atoms with Gasteiger partial charge in [-0.3, -0.25) is 0 Å². The molecule has 56 valence electrons. The van der Waals surface area contributed by atoms with Gasteiger partial charge in [0.2, 0.25) is 0 Å². The van der Waals surface area contributed by atoms with Gasteiger partial charge in [0, 0.05) is 12.8 Å². The fraction of sp³-hybridized carbons (Fsp3) is 1.00. The second-order valence-corrected chi connectivity index (χ2v) is 3.27. The normalized spacial score (nSPS) is 48.0. The summed E-state index contributed by atoms with van der Waals surface area (Å²) in [6.07, 6.45) is 4.09. The van der Waals surface area contributed by atoms with Gasteiger partial charge in [0.05, 0.1) is 12.2 Å². The summed E-state index contributed by atoms with van der Waals surface area (Å²) < 4.78 is 16.1. The molecule has 2 heterocycles. The summed E-state index contributed by atoms with van der Waals surface area (Å²) >= 11 is 0. The van der Waals surface area contributed by atoms with Gasteiger partial charge in [-0.2, -0.15) is 0 Å². The smallest absolute Gasteiger partial charge is 0.176 e. The molecular weight excluding hydrogens is 132 g/mol. The van der Waals surface area contributed by atoms with Crippen LogP contribution in [0.2, 0.25) is 0 Å². The summed E-state index contributed by atoms with van der Waals surface area (Å²) in [6, 6.07) is 0. The second kappa shape index (κ2) is 1.55. The number of rotatable bonds is 0. The molecule has 0 aromatic carbocycles. The summed E-state index contributed by atoms with van der Waals surface area (Å²) in [6.45, 7) is 0.484. The molecule has 2 unspecified atom stereocenters. The van der Waals surface area contributed by atoms with Crippen molar-refractivity contribution in [3.8, 4) is 0 Å². The van der Waals surface area contributed by atoms with E-state index in [-0.39, 0.29) is 5.79 Å². The van der Waals surface area contributed by atoms with Crippen LogP contribution in [0.4, 0.5) is 0 Å². The van der Waals surface area contributed by atoms with Crippen LogP contribution >= 0.6 is 0 Å². The lowest BCUT2D eigenvalue weighted by Crippen LogP contribution is -2.49. The largest absolute Gasteiger partial charge is 0.369 e. The van der Waals surface area contributed by atoms with Gasteiger partial charge in [-0.05, 0) is 6.42 Å². The minimum atomic E-state index is -0.211. The Bertz CT molecular complexity index is 164. The predicted molar refractivity (Wildman–Crippen MR) is 32.3 cm³/mol. The summed E-state index contributed by atoms with van der Waals surface area (Å²) in [5, 5.41) is 0. The zero-order valence-corrected chi connectivity index (χ0v) is 5.71. The summed E-state index contributed by atoms with van der Waals surface area (Å²) in [4.78, 5) is 0. The maximum Gasteiger partial charge on any atom is 0.176 e. The second-order valence-electron chi connectivity index (χ2n) is 3.27. The highest BCUT2D eigenvalue weighted by Crippen LogP contribution is 2.46. The molecule has 0 N–H and O–H groups in total. The van der Waals surface area contributed by atoms with Crippen molar-refractivity contribution in [3.05, 3.63) is 0 Å². The minimum Gasteiger partial charge on any atom is -0.369 e. The Morgan fingerprint density at radius 1 is 1.20 bits per heavy atom. The first kappa shape index (κ1) is 5.52. The molecular formula is C7H10O3. The van der Waals surface area contributed by atoms with Crippen LogP contribution in [0, 0.1) is 0 Å². The van der Waals surface area contributed by atoms with Crippen LogP contribution < -0.4 is 0 Å². The topological polar surface area (TPSA) is 31.0 Å². The van der Waals surface area contributed by atoms with Crippen LogP contribution in [0.15, 0.2) is 0 Å². The van der Waals surface area contributed by atoms with Crippen molar-refractivity contribution < 1.29 is 14.2 Å². The lowest BCUT2D eigenvalue weighted by atomic mass is 9.93. The Labute approximate surface area is 59.3 Å². The third kappa shape index (κ3) is 0.603. The Morgan fingerprint density at radius 3 is 2.70 bits per heavy atom. The number of epoxide rings is 1. The van der Waals surface area contributed by atoms with E-state index in [4.69, 9.17) is 14.2 Å². The van der Waals surface area contributed by atoms with E-state index in [1.807, 2.05) is 0 Å². The first-order valence-electron chi connectivity index (χ1n) is 3.81. The number of hydrogen-bond acceptors (Lipinski definition) is 3. The molecule has 0 amide bonds. The molecule has 10 heavy (non-hydrogen) atoms. The third-order valence-electron chi connectivity index (χ3n) is 2.65. The standard InChI is InChI=1S/C7H10O3/c1-2-7(8-4-9-7)3-6-5(1)10-6/h5-6H,1-4H2. The monoisotopic (exact) mass is 142 g/mol. The zero-order chi connectivity index (χ0) is 6.60. The lowest BCUT2D eigenvalue weighted by molar-refractivity contribution is -0.405. The SMILES string of the molecule is C1OC2(CCC3OC3C2)O1. The molecule has 3 aliphatic rings. The highest BCUT2D eigenvalue weighted by atomic mass is 16.9. The van der Waals surface area contributed by atoms with Crippen LogP contribution in [0.25, 0.3) is 0 Å². The Balaban J connectivity index is 1.75. The molecule has 3 rings (SSSR count). The zero-order valence-electron chi connectivity index (χ0n) is 5.71. The Hall–Kier alpha value is -0.120. The van der Waals surface area contributed by atoms with E-state index in [0.29, 0.717) is 19.0 Å². The molecule has 3 fully saturated rings. The molecule has 1 aliphatic carbocycles. The summed E-state index contributed by atoms with van der Waals surface area (Å²) in [7, 11) is 0. The number of hydrogen-bond donors (Lipinski definition) is 0. The fourth-order valence-electron chi connectivity index (χ4n) is 1.87. The van der Waals surface area contributed by atoms with E-state index in [1.54, 1.807) is 0 Å². The van der Waals surface area contributed by atoms with Crippen LogP contribution in [0.3, 0.4) is 0 Å². The highest BCUT2D eigenvalue weighted by Gasteiger charge is 2.54. The van der Waals surface area contributed by atoms with E-state index in [0.717, 1.165) is 19.3 Å². The van der Waals surface area contributed by atoms with Crippen LogP contribution in [-0.2, 0) is 14.2 Å². The lowest BCUT2D eigenvalue weighted by Gasteiger charge is -2.42. The van der Waals surface area contributed by atoms with Crippen LogP contribution in [0.1, 0.15) is 19.3 Å². The van der Waals surface area contributed by atoms with Crippen molar-refractivity contribution in [2.75, 3.05) is 6.79 Å². The number of fused-ring (bicyclic) bond motifs is 1. The molecule has 3 nitrogen and oxygen atoms in total.